The Kier molecular flexibility index (Phi) is 9.07. The molecular weight excluding hydrogens is 420 g/mol. The minimum Gasteiger partial charge on any atom is -0.494 e. The molecular formula is C31H42O3. The minimum atomic E-state index is -0.0460. The average molecular weight is 463 g/mol. The molecule has 2 aliphatic carbocycles. The first kappa shape index (κ1) is 24.8. The predicted octanol–water partition coefficient (Wildman–Crippen LogP) is 8.46. The van der Waals surface area contributed by atoms with E-state index in [0.717, 1.165) is 60.5 Å². The maximum atomic E-state index is 12.8. The summed E-state index contributed by atoms with van der Waals surface area (Å²) in [5, 5.41) is 0. The van der Waals surface area contributed by atoms with Crippen LogP contribution in [0.25, 0.3) is 11.1 Å². The third-order valence-electron chi connectivity index (χ3n) is 8.09. The number of rotatable bonds is 9. The Bertz CT molecular complexity index is 870. The van der Waals surface area contributed by atoms with Gasteiger partial charge in [-0.2, -0.15) is 0 Å². The third-order valence-corrected chi connectivity index (χ3v) is 8.09. The smallest absolute Gasteiger partial charge is 0.314 e. The molecule has 4 rings (SSSR count). The number of esters is 1. The molecule has 3 heteroatoms. The van der Waals surface area contributed by atoms with E-state index in [2.05, 4.69) is 26.0 Å². The molecule has 3 nitrogen and oxygen atoms in total. The van der Waals surface area contributed by atoms with Gasteiger partial charge in [0.1, 0.15) is 11.5 Å². The van der Waals surface area contributed by atoms with E-state index in [4.69, 9.17) is 9.47 Å². The number of hydrogen-bond donors (Lipinski definition) is 0. The van der Waals surface area contributed by atoms with Crippen LogP contribution < -0.4 is 9.47 Å². The van der Waals surface area contributed by atoms with Crippen LogP contribution in [0.15, 0.2) is 48.5 Å². The maximum Gasteiger partial charge on any atom is 0.314 e. The van der Waals surface area contributed by atoms with Gasteiger partial charge < -0.3 is 9.47 Å². The number of carbonyl (C=O) groups excluding carboxylic acids is 1. The lowest BCUT2D eigenvalue weighted by molar-refractivity contribution is -0.140. The standard InChI is InChI=1S/C31H42O3/c1-3-5-23-6-8-24(9-7-23)25-10-12-28(13-11-25)31(32)34-30-20-16-27(17-21-30)26-14-18-29(19-15-26)33-22-4-2/h14-21,23-25,28H,3-13,22H2,1-2H3/t23-,24-,25-,28-. The molecule has 2 saturated carbocycles. The highest BCUT2D eigenvalue weighted by atomic mass is 16.5. The van der Waals surface area contributed by atoms with Gasteiger partial charge in [0.15, 0.2) is 0 Å². The van der Waals surface area contributed by atoms with Crippen LogP contribution in [-0.4, -0.2) is 12.6 Å². The Morgan fingerprint density at radius 1 is 0.706 bits per heavy atom. The summed E-state index contributed by atoms with van der Waals surface area (Å²) in [6.45, 7) is 5.15. The topological polar surface area (TPSA) is 35.5 Å². The minimum absolute atomic E-state index is 0.0460. The monoisotopic (exact) mass is 462 g/mol. The Morgan fingerprint density at radius 2 is 1.24 bits per heavy atom. The second-order valence-corrected chi connectivity index (χ2v) is 10.5. The molecule has 2 aliphatic rings. The summed E-state index contributed by atoms with van der Waals surface area (Å²) >= 11 is 0. The van der Waals surface area contributed by atoms with Gasteiger partial charge in [-0.05, 0) is 98.1 Å². The molecule has 2 aromatic rings. The first-order valence-corrected chi connectivity index (χ1v) is 13.7. The van der Waals surface area contributed by atoms with Gasteiger partial charge in [0, 0.05) is 0 Å². The zero-order chi connectivity index (χ0) is 23.8. The second-order valence-electron chi connectivity index (χ2n) is 10.5. The SMILES string of the molecule is CCCOc1ccc(-c2ccc(OC(=O)[C@H]3CC[C@H]([C@H]4CC[C@H](CCC)CC4)CC3)cc2)cc1. The molecule has 0 aromatic heterocycles. The average Bonchev–Trinajstić information content (AvgIpc) is 2.89. The van der Waals surface area contributed by atoms with Crippen LogP contribution in [0.1, 0.15) is 84.5 Å². The number of carbonyl (C=O) groups is 1. The van der Waals surface area contributed by atoms with E-state index in [-0.39, 0.29) is 11.9 Å². The van der Waals surface area contributed by atoms with Gasteiger partial charge in [0.05, 0.1) is 12.5 Å². The molecule has 0 saturated heterocycles. The highest BCUT2D eigenvalue weighted by molar-refractivity contribution is 5.75. The van der Waals surface area contributed by atoms with Crippen LogP contribution in [0.2, 0.25) is 0 Å². The molecule has 0 N–H and O–H groups in total. The van der Waals surface area contributed by atoms with Gasteiger partial charge in [-0.15, -0.1) is 0 Å². The molecule has 0 radical (unpaired) electrons. The zero-order valence-electron chi connectivity index (χ0n) is 21.1. The van der Waals surface area contributed by atoms with E-state index >= 15 is 0 Å². The van der Waals surface area contributed by atoms with Crippen molar-refractivity contribution in [3.63, 3.8) is 0 Å². The van der Waals surface area contributed by atoms with Crippen molar-refractivity contribution in [2.75, 3.05) is 6.61 Å². The molecule has 0 bridgehead atoms. The van der Waals surface area contributed by atoms with Gasteiger partial charge in [0.25, 0.3) is 0 Å². The fourth-order valence-electron chi connectivity index (χ4n) is 6.06. The van der Waals surface area contributed by atoms with Crippen molar-refractivity contribution in [3.05, 3.63) is 48.5 Å². The van der Waals surface area contributed by atoms with E-state index in [0.29, 0.717) is 5.75 Å². The van der Waals surface area contributed by atoms with E-state index < -0.39 is 0 Å². The highest BCUT2D eigenvalue weighted by Crippen LogP contribution is 2.42. The van der Waals surface area contributed by atoms with Crippen molar-refractivity contribution in [2.45, 2.75) is 84.5 Å². The molecule has 2 fully saturated rings. The van der Waals surface area contributed by atoms with Gasteiger partial charge in [-0.1, -0.05) is 63.8 Å². The molecule has 0 atom stereocenters. The molecule has 0 heterocycles. The number of ether oxygens (including phenoxy) is 2. The summed E-state index contributed by atoms with van der Waals surface area (Å²) in [6, 6.07) is 16.0. The molecule has 2 aromatic carbocycles. The molecule has 0 unspecified atom stereocenters. The van der Waals surface area contributed by atoms with Crippen LogP contribution in [0.4, 0.5) is 0 Å². The first-order chi connectivity index (χ1) is 16.7. The summed E-state index contributed by atoms with van der Waals surface area (Å²) in [5.41, 5.74) is 2.24. The van der Waals surface area contributed by atoms with Crippen LogP contribution >= 0.6 is 0 Å². The summed E-state index contributed by atoms with van der Waals surface area (Å²) in [7, 11) is 0. The number of benzene rings is 2. The fourth-order valence-corrected chi connectivity index (χ4v) is 6.06. The molecule has 184 valence electrons. The van der Waals surface area contributed by atoms with E-state index in [1.807, 2.05) is 36.4 Å². The Morgan fingerprint density at radius 3 is 1.76 bits per heavy atom. The largest absolute Gasteiger partial charge is 0.494 e. The van der Waals surface area contributed by atoms with Crippen molar-refractivity contribution in [1.82, 2.24) is 0 Å². The van der Waals surface area contributed by atoms with Crippen LogP contribution in [0.3, 0.4) is 0 Å². The molecule has 0 aliphatic heterocycles. The maximum absolute atomic E-state index is 12.8. The fraction of sp³-hybridized carbons (Fsp3) is 0.581. The Hall–Kier alpha value is -2.29. The Balaban J connectivity index is 1.23. The van der Waals surface area contributed by atoms with Crippen LogP contribution in [0, 0.1) is 23.7 Å². The van der Waals surface area contributed by atoms with E-state index in [1.165, 1.54) is 51.4 Å². The van der Waals surface area contributed by atoms with Gasteiger partial charge in [0.2, 0.25) is 0 Å². The Labute approximate surface area is 206 Å². The normalized spacial score (nSPS) is 25.0. The lowest BCUT2D eigenvalue weighted by atomic mass is 9.69. The molecule has 0 amide bonds. The quantitative estimate of drug-likeness (QED) is 0.277. The van der Waals surface area contributed by atoms with Crippen molar-refractivity contribution in [1.29, 1.82) is 0 Å². The van der Waals surface area contributed by atoms with E-state index in [1.54, 1.807) is 0 Å². The van der Waals surface area contributed by atoms with Gasteiger partial charge >= 0.3 is 5.97 Å². The van der Waals surface area contributed by atoms with Gasteiger partial charge in [-0.3, -0.25) is 4.79 Å². The second kappa shape index (κ2) is 12.4. The van der Waals surface area contributed by atoms with Crippen molar-refractivity contribution >= 4 is 5.97 Å². The number of hydrogen-bond acceptors (Lipinski definition) is 3. The predicted molar refractivity (Wildman–Crippen MR) is 139 cm³/mol. The summed E-state index contributed by atoms with van der Waals surface area (Å²) in [6.07, 6.45) is 13.8. The molecule has 0 spiro atoms. The van der Waals surface area contributed by atoms with Gasteiger partial charge in [-0.25, -0.2) is 0 Å². The van der Waals surface area contributed by atoms with Crippen LogP contribution in [0.5, 0.6) is 11.5 Å². The summed E-state index contributed by atoms with van der Waals surface area (Å²) in [5.74, 6) is 4.24. The lowest BCUT2D eigenvalue weighted by Crippen LogP contribution is -2.30. The third kappa shape index (κ3) is 6.64. The van der Waals surface area contributed by atoms with Crippen molar-refractivity contribution < 1.29 is 14.3 Å². The van der Waals surface area contributed by atoms with E-state index in [9.17, 15) is 4.79 Å². The zero-order valence-corrected chi connectivity index (χ0v) is 21.1. The lowest BCUT2D eigenvalue weighted by Gasteiger charge is -2.37. The van der Waals surface area contributed by atoms with Crippen molar-refractivity contribution in [3.8, 4) is 22.6 Å². The summed E-state index contributed by atoms with van der Waals surface area (Å²) < 4.78 is 11.4. The highest BCUT2D eigenvalue weighted by Gasteiger charge is 2.33. The first-order valence-electron chi connectivity index (χ1n) is 13.7. The van der Waals surface area contributed by atoms with Crippen LogP contribution in [-0.2, 0) is 4.79 Å². The molecule has 34 heavy (non-hydrogen) atoms. The van der Waals surface area contributed by atoms with Crippen molar-refractivity contribution in [2.24, 2.45) is 23.7 Å². The summed E-state index contributed by atoms with van der Waals surface area (Å²) in [4.78, 5) is 12.8.